The van der Waals surface area contributed by atoms with Gasteiger partial charge in [0.1, 0.15) is 0 Å². The van der Waals surface area contributed by atoms with Crippen molar-refractivity contribution in [2.24, 2.45) is 4.99 Å². The van der Waals surface area contributed by atoms with E-state index < -0.39 is 0 Å². The summed E-state index contributed by atoms with van der Waals surface area (Å²) in [5.74, 6) is 0.880. The Morgan fingerprint density at radius 3 is 2.36 bits per heavy atom. The van der Waals surface area contributed by atoms with Crippen LogP contribution in [-0.2, 0) is 0 Å². The van der Waals surface area contributed by atoms with Gasteiger partial charge in [0.05, 0.1) is 6.04 Å². The second kappa shape index (κ2) is 10.0. The van der Waals surface area contributed by atoms with Crippen LogP contribution in [0.15, 0.2) is 35.3 Å². The molecule has 4 nitrogen and oxygen atoms in total. The van der Waals surface area contributed by atoms with Crippen LogP contribution in [0.5, 0.6) is 0 Å². The molecule has 1 aliphatic rings. The van der Waals surface area contributed by atoms with Crippen LogP contribution in [0.25, 0.3) is 0 Å². The summed E-state index contributed by atoms with van der Waals surface area (Å²) < 4.78 is 0. The van der Waals surface area contributed by atoms with E-state index in [2.05, 4.69) is 64.7 Å². The summed E-state index contributed by atoms with van der Waals surface area (Å²) in [6, 6.07) is 11.6. The molecule has 0 spiro atoms. The van der Waals surface area contributed by atoms with Crippen LogP contribution in [-0.4, -0.2) is 43.6 Å². The van der Waals surface area contributed by atoms with Gasteiger partial charge in [-0.1, -0.05) is 30.3 Å². The first-order valence-electron chi connectivity index (χ1n) is 7.97. The molecule has 0 aliphatic carbocycles. The van der Waals surface area contributed by atoms with Gasteiger partial charge in [0.2, 0.25) is 0 Å². The second-order valence-electron chi connectivity index (χ2n) is 5.92. The summed E-state index contributed by atoms with van der Waals surface area (Å²) in [4.78, 5) is 6.87. The predicted molar refractivity (Wildman–Crippen MR) is 105 cm³/mol. The van der Waals surface area contributed by atoms with Crippen molar-refractivity contribution in [2.75, 3.05) is 26.7 Å². The van der Waals surface area contributed by atoms with Gasteiger partial charge >= 0.3 is 0 Å². The number of rotatable bonds is 5. The quantitative estimate of drug-likeness (QED) is 0.441. The molecule has 1 heterocycles. The van der Waals surface area contributed by atoms with E-state index >= 15 is 0 Å². The molecule has 2 N–H and O–H groups in total. The smallest absolute Gasteiger partial charge is 0.191 e. The van der Waals surface area contributed by atoms with Crippen LogP contribution in [0.2, 0.25) is 0 Å². The lowest BCUT2D eigenvalue weighted by molar-refractivity contribution is 0.245. The van der Waals surface area contributed by atoms with Crippen molar-refractivity contribution in [1.29, 1.82) is 0 Å². The molecule has 0 aromatic heterocycles. The maximum Gasteiger partial charge on any atom is 0.191 e. The van der Waals surface area contributed by atoms with Gasteiger partial charge in [0.15, 0.2) is 5.96 Å². The van der Waals surface area contributed by atoms with Gasteiger partial charge in [-0.15, -0.1) is 24.0 Å². The first-order valence-corrected chi connectivity index (χ1v) is 7.97. The lowest BCUT2D eigenvalue weighted by Gasteiger charge is -2.29. The summed E-state index contributed by atoms with van der Waals surface area (Å²) in [6.07, 6.45) is 2.62. The maximum absolute atomic E-state index is 4.30. The highest BCUT2D eigenvalue weighted by atomic mass is 127. The number of aliphatic imine (C=N–C) groups is 1. The fourth-order valence-electron chi connectivity index (χ4n) is 2.85. The van der Waals surface area contributed by atoms with E-state index in [-0.39, 0.29) is 24.0 Å². The normalized spacial score (nSPS) is 17.2. The Hall–Kier alpha value is -0.820. The first kappa shape index (κ1) is 19.2. The predicted octanol–water partition coefficient (Wildman–Crippen LogP) is 3.01. The number of hydrogen-bond acceptors (Lipinski definition) is 2. The number of halogens is 1. The van der Waals surface area contributed by atoms with Gasteiger partial charge in [-0.05, 0) is 45.3 Å². The van der Waals surface area contributed by atoms with E-state index in [4.69, 9.17) is 0 Å². The molecule has 1 aromatic carbocycles. The Bertz CT molecular complexity index is 441. The zero-order valence-electron chi connectivity index (χ0n) is 13.9. The van der Waals surface area contributed by atoms with Gasteiger partial charge in [-0.25, -0.2) is 0 Å². The molecular formula is C17H29IN4. The summed E-state index contributed by atoms with van der Waals surface area (Å²) in [5.41, 5.74) is 1.38. The summed E-state index contributed by atoms with van der Waals surface area (Å²) in [6.45, 7) is 7.52. The van der Waals surface area contributed by atoms with Gasteiger partial charge < -0.3 is 10.6 Å². The highest BCUT2D eigenvalue weighted by molar-refractivity contribution is 14.0. The van der Waals surface area contributed by atoms with E-state index in [0.717, 1.165) is 12.5 Å². The van der Waals surface area contributed by atoms with Gasteiger partial charge in [-0.3, -0.25) is 9.89 Å². The molecule has 1 unspecified atom stereocenters. The third kappa shape index (κ3) is 5.76. The van der Waals surface area contributed by atoms with E-state index in [1.54, 1.807) is 0 Å². The van der Waals surface area contributed by atoms with Crippen LogP contribution in [0.3, 0.4) is 0 Å². The molecule has 0 bridgehead atoms. The van der Waals surface area contributed by atoms with E-state index in [1.165, 1.54) is 31.5 Å². The minimum atomic E-state index is 0. The maximum atomic E-state index is 4.30. The molecule has 0 amide bonds. The Balaban J connectivity index is 0.00000242. The number of nitrogens with zero attached hydrogens (tertiary/aromatic N) is 2. The van der Waals surface area contributed by atoms with Crippen molar-refractivity contribution in [2.45, 2.75) is 38.8 Å². The van der Waals surface area contributed by atoms with Crippen molar-refractivity contribution in [3.63, 3.8) is 0 Å². The van der Waals surface area contributed by atoms with Crippen molar-refractivity contribution in [3.05, 3.63) is 35.9 Å². The van der Waals surface area contributed by atoms with Crippen LogP contribution in [0.1, 0.15) is 38.3 Å². The summed E-state index contributed by atoms with van der Waals surface area (Å²) in [7, 11) is 1.82. The Morgan fingerprint density at radius 1 is 1.18 bits per heavy atom. The van der Waals surface area contributed by atoms with Crippen molar-refractivity contribution in [3.8, 4) is 0 Å². The number of guanidine groups is 1. The lowest BCUT2D eigenvalue weighted by Crippen LogP contribution is -2.44. The van der Waals surface area contributed by atoms with Crippen molar-refractivity contribution < 1.29 is 0 Å². The fraction of sp³-hybridized carbons (Fsp3) is 0.588. The Kier molecular flexibility index (Phi) is 8.78. The van der Waals surface area contributed by atoms with Crippen molar-refractivity contribution in [1.82, 2.24) is 15.5 Å². The molecule has 22 heavy (non-hydrogen) atoms. The summed E-state index contributed by atoms with van der Waals surface area (Å²) in [5, 5.41) is 6.82. The number of nitrogens with one attached hydrogen (secondary N) is 2. The largest absolute Gasteiger partial charge is 0.354 e. The van der Waals surface area contributed by atoms with Crippen LogP contribution in [0.4, 0.5) is 0 Å². The average molecular weight is 416 g/mol. The number of benzene rings is 1. The second-order valence-corrected chi connectivity index (χ2v) is 5.92. The standard InChI is InChI=1S/C17H28N4.HI/c1-14(2)20-17(18-3)19-13-16(21-11-7-8-12-21)15-9-5-4-6-10-15;/h4-6,9-10,14,16H,7-8,11-13H2,1-3H3,(H2,18,19,20);1H. The van der Waals surface area contributed by atoms with Crippen LogP contribution < -0.4 is 10.6 Å². The van der Waals surface area contributed by atoms with E-state index in [1.807, 2.05) is 7.05 Å². The Morgan fingerprint density at radius 2 is 1.82 bits per heavy atom. The van der Waals surface area contributed by atoms with E-state index in [0.29, 0.717) is 12.1 Å². The first-order chi connectivity index (χ1) is 10.2. The summed E-state index contributed by atoms with van der Waals surface area (Å²) >= 11 is 0. The molecule has 1 atom stereocenters. The molecule has 1 aliphatic heterocycles. The fourth-order valence-corrected chi connectivity index (χ4v) is 2.85. The third-order valence-corrected chi connectivity index (χ3v) is 3.88. The molecule has 1 aromatic rings. The van der Waals surface area contributed by atoms with Crippen LogP contribution in [0, 0.1) is 0 Å². The molecule has 0 saturated carbocycles. The average Bonchev–Trinajstić information content (AvgIpc) is 3.01. The molecule has 2 rings (SSSR count). The van der Waals surface area contributed by atoms with Gasteiger partial charge in [0, 0.05) is 19.6 Å². The SMILES string of the molecule is CN=C(NCC(c1ccccc1)N1CCCC1)NC(C)C.I. The third-order valence-electron chi connectivity index (χ3n) is 3.88. The van der Waals surface area contributed by atoms with Gasteiger partial charge in [0.25, 0.3) is 0 Å². The highest BCUT2D eigenvalue weighted by Crippen LogP contribution is 2.24. The molecule has 1 fully saturated rings. The van der Waals surface area contributed by atoms with E-state index in [9.17, 15) is 0 Å². The lowest BCUT2D eigenvalue weighted by atomic mass is 10.1. The van der Waals surface area contributed by atoms with Crippen molar-refractivity contribution >= 4 is 29.9 Å². The molecule has 5 heteroatoms. The minimum absolute atomic E-state index is 0. The van der Waals surface area contributed by atoms with Gasteiger partial charge in [-0.2, -0.15) is 0 Å². The molecule has 0 radical (unpaired) electrons. The van der Waals surface area contributed by atoms with Crippen LogP contribution >= 0.6 is 24.0 Å². The molecular weight excluding hydrogens is 387 g/mol. The topological polar surface area (TPSA) is 39.7 Å². The number of hydrogen-bond donors (Lipinski definition) is 2. The zero-order chi connectivity index (χ0) is 15.1. The minimum Gasteiger partial charge on any atom is -0.354 e. The number of likely N-dealkylation sites (tertiary alicyclic amines) is 1. The highest BCUT2D eigenvalue weighted by Gasteiger charge is 2.23. The Labute approximate surface area is 151 Å². The monoisotopic (exact) mass is 416 g/mol. The molecule has 124 valence electrons. The zero-order valence-corrected chi connectivity index (χ0v) is 16.2. The molecule has 1 saturated heterocycles.